The van der Waals surface area contributed by atoms with Crippen LogP contribution < -0.4 is 5.30 Å². The van der Waals surface area contributed by atoms with Crippen molar-refractivity contribution in [3.8, 4) is 0 Å². The van der Waals surface area contributed by atoms with Crippen molar-refractivity contribution < 1.29 is 8.78 Å². The summed E-state index contributed by atoms with van der Waals surface area (Å²) in [5.41, 5.74) is 1.49. The first-order chi connectivity index (χ1) is 7.84. The van der Waals surface area contributed by atoms with E-state index in [1.807, 2.05) is 0 Å². The predicted octanol–water partition coefficient (Wildman–Crippen LogP) is 3.81. The van der Waals surface area contributed by atoms with Gasteiger partial charge in [0.25, 0.3) is 5.92 Å². The van der Waals surface area contributed by atoms with Crippen LogP contribution in [-0.4, -0.2) is 0 Å². The number of benzene rings is 1. The normalized spacial score (nSPS) is 19.5. The van der Waals surface area contributed by atoms with Crippen LogP contribution in [0.25, 0.3) is 5.57 Å². The van der Waals surface area contributed by atoms with Crippen molar-refractivity contribution in [1.82, 2.24) is 0 Å². The Morgan fingerprint density at radius 1 is 1.41 bits per heavy atom. The van der Waals surface area contributed by atoms with Gasteiger partial charge >= 0.3 is 0 Å². The highest BCUT2D eigenvalue weighted by Crippen LogP contribution is 2.51. The zero-order chi connectivity index (χ0) is 12.8. The summed E-state index contributed by atoms with van der Waals surface area (Å²) < 4.78 is 28.4. The minimum absolute atomic E-state index is 0.0301. The van der Waals surface area contributed by atoms with Gasteiger partial charge in [-0.1, -0.05) is 30.9 Å². The molecule has 0 bridgehead atoms. The molecule has 1 unspecified atom stereocenters. The van der Waals surface area contributed by atoms with Gasteiger partial charge in [-0.15, -0.1) is 9.24 Å². The Bertz CT molecular complexity index is 553. The van der Waals surface area contributed by atoms with Crippen LogP contribution in [0.5, 0.6) is 0 Å². The number of fused-ring (bicyclic) bond motifs is 1. The Hall–Kier alpha value is -1.27. The molecule has 0 amide bonds. The minimum atomic E-state index is -2.97. The van der Waals surface area contributed by atoms with Crippen LogP contribution >= 0.6 is 9.24 Å². The van der Waals surface area contributed by atoms with Gasteiger partial charge in [-0.2, -0.15) is 8.78 Å². The highest BCUT2D eigenvalue weighted by atomic mass is 31.0. The van der Waals surface area contributed by atoms with Crippen molar-refractivity contribution in [2.24, 2.45) is 0 Å². The summed E-state index contributed by atoms with van der Waals surface area (Å²) >= 11 is 0. The van der Waals surface area contributed by atoms with E-state index in [1.165, 1.54) is 12.1 Å². The summed E-state index contributed by atoms with van der Waals surface area (Å²) in [5, 5.41) is 0.743. The van der Waals surface area contributed by atoms with Crippen LogP contribution in [0.2, 0.25) is 0 Å². The van der Waals surface area contributed by atoms with Crippen molar-refractivity contribution in [1.29, 1.82) is 0 Å². The summed E-state index contributed by atoms with van der Waals surface area (Å²) in [7, 11) is 2.43. The Labute approximate surface area is 102 Å². The smallest absolute Gasteiger partial charge is 0.196 e. The van der Waals surface area contributed by atoms with Gasteiger partial charge in [0.1, 0.15) is 0 Å². The largest absolute Gasteiger partial charge is 0.299 e. The Kier molecular flexibility index (Phi) is 2.79. The summed E-state index contributed by atoms with van der Waals surface area (Å²) in [6.45, 7) is 9.10. The number of hydrogen-bond acceptors (Lipinski definition) is 0. The van der Waals surface area contributed by atoms with E-state index in [4.69, 9.17) is 0 Å². The van der Waals surface area contributed by atoms with Crippen molar-refractivity contribution in [3.63, 3.8) is 0 Å². The van der Waals surface area contributed by atoms with Gasteiger partial charge in [0.15, 0.2) is 0 Å². The Morgan fingerprint density at radius 3 is 2.65 bits per heavy atom. The molecule has 0 saturated heterocycles. The van der Waals surface area contributed by atoms with Gasteiger partial charge in [0.05, 0.1) is 0 Å². The Balaban J connectivity index is 2.68. The lowest BCUT2D eigenvalue weighted by atomic mass is 10.0. The minimum Gasteiger partial charge on any atom is -0.196 e. The molecule has 1 aliphatic rings. The quantitative estimate of drug-likeness (QED) is 0.665. The standard InChI is InChI=1S/C14H13F2P/c1-8(2)6-12-9(3)11-5-4-10(17)7-13(11)14(12,15)16/h4-7H,1,3,17H2,2H3/b12-6+. The Morgan fingerprint density at radius 2 is 2.06 bits per heavy atom. The molecule has 1 aromatic carbocycles. The van der Waals surface area contributed by atoms with E-state index < -0.39 is 5.92 Å². The number of allylic oxidation sites excluding steroid dienone is 4. The highest BCUT2D eigenvalue weighted by Gasteiger charge is 2.46. The van der Waals surface area contributed by atoms with Gasteiger partial charge in [-0.3, -0.25) is 0 Å². The maximum Gasteiger partial charge on any atom is 0.299 e. The molecule has 0 spiro atoms. The van der Waals surface area contributed by atoms with E-state index in [2.05, 4.69) is 22.4 Å². The molecule has 1 atom stereocenters. The zero-order valence-electron chi connectivity index (χ0n) is 9.56. The topological polar surface area (TPSA) is 0 Å². The van der Waals surface area contributed by atoms with E-state index in [0.29, 0.717) is 16.7 Å². The van der Waals surface area contributed by atoms with Gasteiger partial charge in [-0.25, -0.2) is 0 Å². The van der Waals surface area contributed by atoms with E-state index in [9.17, 15) is 8.78 Å². The van der Waals surface area contributed by atoms with Crippen LogP contribution in [0.3, 0.4) is 0 Å². The molecule has 0 fully saturated rings. The van der Waals surface area contributed by atoms with Crippen molar-refractivity contribution >= 4 is 20.1 Å². The SMILES string of the molecule is C=C(C)/C=C1\C(=C)c2ccc(P)cc2C1(F)F. The van der Waals surface area contributed by atoms with Gasteiger partial charge in [0.2, 0.25) is 0 Å². The fourth-order valence-electron chi connectivity index (χ4n) is 1.99. The van der Waals surface area contributed by atoms with E-state index in [0.717, 1.165) is 5.30 Å². The maximum atomic E-state index is 14.2. The molecule has 0 radical (unpaired) electrons. The van der Waals surface area contributed by atoms with Crippen LogP contribution in [0.4, 0.5) is 8.78 Å². The van der Waals surface area contributed by atoms with Crippen molar-refractivity contribution in [2.45, 2.75) is 12.8 Å². The average molecular weight is 250 g/mol. The lowest BCUT2D eigenvalue weighted by Crippen LogP contribution is -2.12. The molecule has 17 heavy (non-hydrogen) atoms. The third kappa shape index (κ3) is 1.87. The molecular formula is C14H13F2P. The molecule has 0 aliphatic heterocycles. The van der Waals surface area contributed by atoms with E-state index in [-0.39, 0.29) is 11.1 Å². The fourth-order valence-corrected chi connectivity index (χ4v) is 2.25. The van der Waals surface area contributed by atoms with Crippen LogP contribution in [0, 0.1) is 0 Å². The number of halogens is 2. The van der Waals surface area contributed by atoms with Crippen LogP contribution in [0.1, 0.15) is 18.1 Å². The number of alkyl halides is 2. The van der Waals surface area contributed by atoms with Crippen LogP contribution in [0.15, 0.2) is 48.6 Å². The summed E-state index contributed by atoms with van der Waals surface area (Å²) in [4.78, 5) is 0. The first-order valence-electron chi connectivity index (χ1n) is 5.19. The van der Waals surface area contributed by atoms with E-state index in [1.54, 1.807) is 19.1 Å². The monoisotopic (exact) mass is 250 g/mol. The van der Waals surface area contributed by atoms with E-state index >= 15 is 0 Å². The molecule has 0 heterocycles. The van der Waals surface area contributed by atoms with Crippen molar-refractivity contribution in [3.05, 3.63) is 59.7 Å². The molecule has 0 nitrogen and oxygen atoms in total. The van der Waals surface area contributed by atoms with Gasteiger partial charge < -0.3 is 0 Å². The fraction of sp³-hybridized carbons (Fsp3) is 0.143. The summed E-state index contributed by atoms with van der Waals surface area (Å²) in [6, 6.07) is 4.96. The molecule has 88 valence electrons. The second-order valence-corrected chi connectivity index (χ2v) is 4.93. The second kappa shape index (κ2) is 3.89. The van der Waals surface area contributed by atoms with Crippen molar-refractivity contribution in [2.75, 3.05) is 0 Å². The molecule has 0 N–H and O–H groups in total. The molecule has 1 aliphatic carbocycles. The third-order valence-electron chi connectivity index (χ3n) is 2.76. The molecule has 1 aromatic rings. The molecule has 2 rings (SSSR count). The molecule has 0 saturated carbocycles. The molecule has 0 aromatic heterocycles. The van der Waals surface area contributed by atoms with Crippen LogP contribution in [-0.2, 0) is 5.92 Å². The summed E-state index contributed by atoms with van der Waals surface area (Å²) in [5.74, 6) is -2.97. The number of rotatable bonds is 1. The second-order valence-electron chi connectivity index (χ2n) is 4.26. The summed E-state index contributed by atoms with van der Waals surface area (Å²) in [6.07, 6.45) is 1.41. The first kappa shape index (κ1) is 12.2. The average Bonchev–Trinajstić information content (AvgIpc) is 2.40. The third-order valence-corrected chi connectivity index (χ3v) is 3.12. The lowest BCUT2D eigenvalue weighted by Gasteiger charge is -2.13. The highest BCUT2D eigenvalue weighted by molar-refractivity contribution is 7.27. The molecular weight excluding hydrogens is 237 g/mol. The zero-order valence-corrected chi connectivity index (χ0v) is 10.7. The maximum absolute atomic E-state index is 14.2. The molecule has 3 heteroatoms. The predicted molar refractivity (Wildman–Crippen MR) is 71.6 cm³/mol. The lowest BCUT2D eigenvalue weighted by molar-refractivity contribution is 0.0479. The van der Waals surface area contributed by atoms with Gasteiger partial charge in [0, 0.05) is 11.1 Å². The van der Waals surface area contributed by atoms with Gasteiger partial charge in [-0.05, 0) is 35.5 Å². The first-order valence-corrected chi connectivity index (χ1v) is 5.77. The number of hydrogen-bond donors (Lipinski definition) is 0.